The zero-order valence-electron chi connectivity index (χ0n) is 25.8. The highest BCUT2D eigenvalue weighted by molar-refractivity contribution is 6.23. The van der Waals surface area contributed by atoms with Crippen molar-refractivity contribution in [3.8, 4) is 0 Å². The summed E-state index contributed by atoms with van der Waals surface area (Å²) in [6.07, 6.45) is 6.53. The Labute approximate surface area is 253 Å². The molecule has 11 nitrogen and oxygen atoms in total. The molecule has 1 aliphatic carbocycles. The number of rotatable bonds is 7. The van der Waals surface area contributed by atoms with Crippen LogP contribution in [-0.2, 0) is 33.4 Å². The monoisotopic (exact) mass is 599 g/mol. The van der Waals surface area contributed by atoms with Crippen LogP contribution in [0.2, 0.25) is 0 Å². The molecule has 0 saturated carbocycles. The molecule has 236 valence electrons. The van der Waals surface area contributed by atoms with Gasteiger partial charge in [0.2, 0.25) is 11.6 Å². The van der Waals surface area contributed by atoms with E-state index in [4.69, 9.17) is 19.9 Å². The molecule has 1 aliphatic heterocycles. The van der Waals surface area contributed by atoms with Gasteiger partial charge in [-0.15, -0.1) is 6.58 Å². The van der Waals surface area contributed by atoms with Gasteiger partial charge in [-0.1, -0.05) is 44.2 Å². The van der Waals surface area contributed by atoms with Crippen molar-refractivity contribution in [2.75, 3.05) is 27.3 Å². The second kappa shape index (κ2) is 16.9. The van der Waals surface area contributed by atoms with Crippen LogP contribution in [0.4, 0.5) is 0 Å². The van der Waals surface area contributed by atoms with Crippen LogP contribution < -0.4 is 16.4 Å². The molecule has 0 aromatic heterocycles. The fourth-order valence-electron chi connectivity index (χ4n) is 5.02. The summed E-state index contributed by atoms with van der Waals surface area (Å²) in [7, 11) is 2.95. The molecule has 1 heterocycles. The molecule has 2 aliphatic rings. The Morgan fingerprint density at radius 1 is 1.21 bits per heavy atom. The zero-order valence-corrected chi connectivity index (χ0v) is 25.8. The third-order valence-electron chi connectivity index (χ3n) is 7.40. The molecule has 11 heteroatoms. The van der Waals surface area contributed by atoms with Crippen molar-refractivity contribution < 1.29 is 38.5 Å². The van der Waals surface area contributed by atoms with Crippen LogP contribution in [-0.4, -0.2) is 80.3 Å². The highest BCUT2D eigenvalue weighted by Crippen LogP contribution is 2.28. The fourth-order valence-corrected chi connectivity index (χ4v) is 5.02. The summed E-state index contributed by atoms with van der Waals surface area (Å²) in [5.74, 6) is -2.76. The van der Waals surface area contributed by atoms with E-state index in [1.54, 1.807) is 38.2 Å². The summed E-state index contributed by atoms with van der Waals surface area (Å²) >= 11 is 0. The molecule has 2 rings (SSSR count). The predicted molar refractivity (Wildman–Crippen MR) is 162 cm³/mol. The number of Topliss-reactive ketones (excluding diaryl/α,β-unsaturated/α-hetero) is 1. The number of nitrogens with two attached hydrogens (primary N) is 1. The molecule has 0 saturated heterocycles. The number of ether oxygens (including phenoxy) is 3. The third-order valence-corrected chi connectivity index (χ3v) is 7.40. The molecule has 6 atom stereocenters. The molecular formula is C32H45N3O8. The van der Waals surface area contributed by atoms with Crippen LogP contribution in [0.15, 0.2) is 71.1 Å². The first-order valence-corrected chi connectivity index (χ1v) is 14.2. The van der Waals surface area contributed by atoms with E-state index in [2.05, 4.69) is 17.2 Å². The Morgan fingerprint density at radius 3 is 2.51 bits per heavy atom. The number of aliphatic hydroxyl groups is 1. The van der Waals surface area contributed by atoms with Crippen molar-refractivity contribution >= 4 is 23.4 Å². The molecule has 43 heavy (non-hydrogen) atoms. The highest BCUT2D eigenvalue weighted by Gasteiger charge is 2.33. The molecule has 5 N–H and O–H groups in total. The van der Waals surface area contributed by atoms with Crippen LogP contribution in [0, 0.1) is 11.8 Å². The van der Waals surface area contributed by atoms with E-state index in [1.165, 1.54) is 20.3 Å². The summed E-state index contributed by atoms with van der Waals surface area (Å²) in [5, 5.41) is 16.8. The van der Waals surface area contributed by atoms with Gasteiger partial charge in [-0.3, -0.25) is 19.2 Å². The molecule has 0 aromatic rings. The second-order valence-corrected chi connectivity index (χ2v) is 10.9. The van der Waals surface area contributed by atoms with Crippen molar-refractivity contribution in [3.05, 3.63) is 71.1 Å². The van der Waals surface area contributed by atoms with E-state index in [1.807, 2.05) is 13.8 Å². The van der Waals surface area contributed by atoms with E-state index in [0.29, 0.717) is 12.0 Å². The Morgan fingerprint density at radius 2 is 1.91 bits per heavy atom. The summed E-state index contributed by atoms with van der Waals surface area (Å²) in [5.41, 5.74) is 6.63. The van der Waals surface area contributed by atoms with Crippen LogP contribution >= 0.6 is 0 Å². The first-order chi connectivity index (χ1) is 20.4. The van der Waals surface area contributed by atoms with Crippen LogP contribution in [0.5, 0.6) is 0 Å². The fraction of sp³-hybridized carbons (Fsp3) is 0.500. The lowest BCUT2D eigenvalue weighted by molar-refractivity contribution is -0.150. The van der Waals surface area contributed by atoms with Crippen molar-refractivity contribution in [2.45, 2.75) is 65.0 Å². The van der Waals surface area contributed by atoms with Gasteiger partial charge >= 0.3 is 5.97 Å². The Hall–Kier alpha value is -3.64. The number of carbonyl (C=O) groups is 4. The van der Waals surface area contributed by atoms with Crippen molar-refractivity contribution in [3.63, 3.8) is 0 Å². The number of hydrogen-bond donors (Lipinski definition) is 4. The minimum absolute atomic E-state index is 0.128. The molecule has 0 fully saturated rings. The van der Waals surface area contributed by atoms with Gasteiger partial charge in [-0.2, -0.15) is 0 Å². The summed E-state index contributed by atoms with van der Waals surface area (Å²) in [4.78, 5) is 51.8. The smallest absolute Gasteiger partial charge is 0.320 e. The lowest BCUT2D eigenvalue weighted by Gasteiger charge is -2.30. The standard InChI is InChI=1S/C32H45N3O8/c1-8-12-34-28-22-13-18(2)14-26(42-7)29(38)20(4)15-21(5)31(43-27(37)17-33)25(41-6)11-9-10-19(3)32(40)35-23(30(22)39)16-24(28)36/h8-11,15-16,18,20,25-26,29,31,34,38H,1,12-14,17,33H2,2-7H3,(H,35,40)/b11-9+,19-10-,21-15+/t18-,20+,25+,26+,29-,31+/m1/s1. The van der Waals surface area contributed by atoms with Gasteiger partial charge < -0.3 is 35.7 Å². The SMILES string of the molecule is C=CCNC1=C2C[C@@H](C)C[C@H](OC)[C@H](O)[C@@H](C)/C=C(\C)[C@H](OC(=O)CN)[C@@H](OC)/C=C/C=C(/C)C(=O)NC(=CC1=O)C2=O. The number of nitrogens with one attached hydrogen (secondary N) is 2. The van der Waals surface area contributed by atoms with E-state index in [9.17, 15) is 24.3 Å². The first kappa shape index (κ1) is 35.6. The number of ketones is 2. The first-order valence-electron chi connectivity index (χ1n) is 14.2. The van der Waals surface area contributed by atoms with Gasteiger partial charge in [0, 0.05) is 43.9 Å². The normalized spacial score (nSPS) is 31.2. The van der Waals surface area contributed by atoms with E-state index in [-0.39, 0.29) is 48.0 Å². The van der Waals surface area contributed by atoms with E-state index >= 15 is 0 Å². The number of methoxy groups -OCH3 is 2. The average molecular weight is 600 g/mol. The molecule has 0 aromatic carbocycles. The Kier molecular flexibility index (Phi) is 13.9. The number of carbonyl (C=O) groups excluding carboxylic acids is 4. The lowest BCUT2D eigenvalue weighted by Crippen LogP contribution is -2.38. The summed E-state index contributed by atoms with van der Waals surface area (Å²) < 4.78 is 16.9. The van der Waals surface area contributed by atoms with Gasteiger partial charge in [0.05, 0.1) is 30.1 Å². The minimum atomic E-state index is -0.955. The number of hydrogen-bond acceptors (Lipinski definition) is 10. The lowest BCUT2D eigenvalue weighted by atomic mass is 9.85. The van der Waals surface area contributed by atoms with Crippen molar-refractivity contribution in [1.82, 2.24) is 10.6 Å². The quantitative estimate of drug-likeness (QED) is 0.193. The minimum Gasteiger partial charge on any atom is -0.454 e. The molecule has 0 spiro atoms. The maximum atomic E-state index is 13.6. The maximum absolute atomic E-state index is 13.6. The highest BCUT2D eigenvalue weighted by atomic mass is 16.6. The van der Waals surface area contributed by atoms with Gasteiger partial charge in [0.25, 0.3) is 5.91 Å². The molecular weight excluding hydrogens is 554 g/mol. The average Bonchev–Trinajstić information content (AvgIpc) is 2.97. The predicted octanol–water partition coefficient (Wildman–Crippen LogP) is 1.94. The van der Waals surface area contributed by atoms with Gasteiger partial charge in [-0.25, -0.2) is 0 Å². The van der Waals surface area contributed by atoms with Crippen molar-refractivity contribution in [2.24, 2.45) is 17.6 Å². The van der Waals surface area contributed by atoms with Crippen molar-refractivity contribution in [1.29, 1.82) is 0 Å². The van der Waals surface area contributed by atoms with E-state index < -0.39 is 53.8 Å². The van der Waals surface area contributed by atoms with Gasteiger partial charge in [0.1, 0.15) is 6.10 Å². The van der Waals surface area contributed by atoms with E-state index in [0.717, 1.165) is 6.08 Å². The Balaban J connectivity index is 2.63. The Bertz CT molecular complexity index is 1230. The summed E-state index contributed by atoms with van der Waals surface area (Å²) in [6.45, 7) is 10.6. The number of amides is 1. The molecule has 0 unspecified atom stereocenters. The van der Waals surface area contributed by atoms with Crippen LogP contribution in [0.25, 0.3) is 0 Å². The van der Waals surface area contributed by atoms with Gasteiger partial charge in [-0.05, 0) is 38.2 Å². The molecule has 0 radical (unpaired) electrons. The van der Waals surface area contributed by atoms with Crippen LogP contribution in [0.1, 0.15) is 40.5 Å². The number of aliphatic hydroxyl groups excluding tert-OH is 1. The third kappa shape index (κ3) is 9.69. The van der Waals surface area contributed by atoms with Gasteiger partial charge in [0.15, 0.2) is 6.10 Å². The summed E-state index contributed by atoms with van der Waals surface area (Å²) in [6, 6.07) is 0. The van der Waals surface area contributed by atoms with Crippen LogP contribution in [0.3, 0.4) is 0 Å². The number of esters is 1. The molecule has 2 bridgehead atoms. The number of fused-ring (bicyclic) bond motifs is 2. The topological polar surface area (TPSA) is 166 Å². The zero-order chi connectivity index (χ0) is 32.3. The maximum Gasteiger partial charge on any atom is 0.320 e. The molecule has 1 amide bonds. The second-order valence-electron chi connectivity index (χ2n) is 10.9. The number of allylic oxidation sites excluding steroid dienone is 4. The largest absolute Gasteiger partial charge is 0.454 e.